The molecule has 0 saturated carbocycles. The first-order chi connectivity index (χ1) is 16.7. The first kappa shape index (κ1) is 24.8. The highest BCUT2D eigenvalue weighted by Crippen LogP contribution is 2.29. The molecule has 10 nitrogen and oxygen atoms in total. The highest BCUT2D eigenvalue weighted by atomic mass is 35.5. The van der Waals surface area contributed by atoms with E-state index in [1.807, 2.05) is 4.72 Å². The van der Waals surface area contributed by atoms with E-state index in [-0.39, 0.29) is 17.6 Å². The highest BCUT2D eigenvalue weighted by molar-refractivity contribution is 7.89. The zero-order valence-electron chi connectivity index (χ0n) is 19.2. The molecule has 4 rings (SSSR count). The number of rotatable bonds is 6. The van der Waals surface area contributed by atoms with Crippen molar-refractivity contribution in [2.75, 3.05) is 24.2 Å². The molecular formula is C23H25ClN6O4S. The van der Waals surface area contributed by atoms with Crippen LogP contribution in [0.4, 0.5) is 5.82 Å². The maximum Gasteiger partial charge on any atom is 0.283 e. The van der Waals surface area contributed by atoms with E-state index in [9.17, 15) is 18.0 Å². The molecule has 1 aliphatic rings. The van der Waals surface area contributed by atoms with Crippen LogP contribution in [0.3, 0.4) is 0 Å². The van der Waals surface area contributed by atoms with E-state index in [0.29, 0.717) is 34.1 Å². The molecule has 2 N–H and O–H groups in total. The van der Waals surface area contributed by atoms with Gasteiger partial charge in [0.15, 0.2) is 5.82 Å². The summed E-state index contributed by atoms with van der Waals surface area (Å²) in [4.78, 5) is 32.2. The number of nitrogens with one attached hydrogen (secondary N) is 2. The van der Waals surface area contributed by atoms with Crippen LogP contribution in [0, 0.1) is 0 Å². The number of pyridine rings is 1. The van der Waals surface area contributed by atoms with Crippen molar-refractivity contribution in [3.05, 3.63) is 65.1 Å². The van der Waals surface area contributed by atoms with E-state index in [2.05, 4.69) is 15.4 Å². The van der Waals surface area contributed by atoms with Crippen LogP contribution in [0.15, 0.2) is 48.8 Å². The summed E-state index contributed by atoms with van der Waals surface area (Å²) in [7, 11) is -2.20. The number of carbonyl (C=O) groups is 2. The van der Waals surface area contributed by atoms with Gasteiger partial charge in [-0.25, -0.2) is 18.1 Å². The monoisotopic (exact) mass is 516 g/mol. The molecule has 0 aliphatic carbocycles. The number of halogens is 1. The molecule has 1 aliphatic heterocycles. The number of nitrogens with zero attached hydrogens (tertiary/aromatic N) is 4. The van der Waals surface area contributed by atoms with Gasteiger partial charge in [-0.1, -0.05) is 23.7 Å². The zero-order chi connectivity index (χ0) is 25.2. The summed E-state index contributed by atoms with van der Waals surface area (Å²) in [6.45, 7) is 1.52. The van der Waals surface area contributed by atoms with Gasteiger partial charge in [-0.2, -0.15) is 5.10 Å². The standard InChI is InChI=1S/C23H25ClN6O4S/c1-29-20(22(31)28-35(2,33)34)18(14-27-29)15-7-9-16(10-8-15)23(32)30(17-5-3-11-25-13-17)21-19(24)6-4-12-26-21/h4,6-10,12,14,17,25H,3,5,11,13H2,1-2H3,(H,28,31)/t17-/m1/s1. The van der Waals surface area contributed by atoms with Gasteiger partial charge in [0.25, 0.3) is 11.8 Å². The molecule has 0 spiro atoms. The summed E-state index contributed by atoms with van der Waals surface area (Å²) in [6.07, 6.45) is 5.73. The summed E-state index contributed by atoms with van der Waals surface area (Å²) < 4.78 is 26.3. The lowest BCUT2D eigenvalue weighted by molar-refractivity contribution is 0.0963. The molecule has 1 aromatic carbocycles. The van der Waals surface area contributed by atoms with Crippen molar-refractivity contribution < 1.29 is 18.0 Å². The van der Waals surface area contributed by atoms with Gasteiger partial charge in [0.05, 0.1) is 23.5 Å². The number of amides is 2. The lowest BCUT2D eigenvalue weighted by Gasteiger charge is -2.34. The van der Waals surface area contributed by atoms with Crippen molar-refractivity contribution in [3.8, 4) is 11.1 Å². The quantitative estimate of drug-likeness (QED) is 0.514. The fourth-order valence-electron chi connectivity index (χ4n) is 4.11. The smallest absolute Gasteiger partial charge is 0.283 e. The summed E-state index contributed by atoms with van der Waals surface area (Å²) in [5.41, 5.74) is 1.56. The van der Waals surface area contributed by atoms with Crippen LogP contribution in [0.1, 0.15) is 33.7 Å². The largest absolute Gasteiger partial charge is 0.315 e. The van der Waals surface area contributed by atoms with Crippen molar-refractivity contribution >= 4 is 39.3 Å². The molecular weight excluding hydrogens is 492 g/mol. The maximum absolute atomic E-state index is 13.6. The Morgan fingerprint density at radius 2 is 1.97 bits per heavy atom. The van der Waals surface area contributed by atoms with Crippen LogP contribution in [0.25, 0.3) is 11.1 Å². The number of aromatic nitrogens is 3. The molecule has 0 bridgehead atoms. The predicted molar refractivity (Wildman–Crippen MR) is 133 cm³/mol. The van der Waals surface area contributed by atoms with Gasteiger partial charge in [-0.05, 0) is 49.2 Å². The topological polar surface area (TPSA) is 126 Å². The second-order valence-electron chi connectivity index (χ2n) is 8.30. The molecule has 3 heterocycles. The van der Waals surface area contributed by atoms with Crippen LogP contribution >= 0.6 is 11.6 Å². The molecule has 0 unspecified atom stereocenters. The van der Waals surface area contributed by atoms with E-state index in [1.54, 1.807) is 54.5 Å². The van der Waals surface area contributed by atoms with Crippen molar-refractivity contribution in [1.29, 1.82) is 0 Å². The van der Waals surface area contributed by atoms with Gasteiger partial charge >= 0.3 is 0 Å². The fraction of sp³-hybridized carbons (Fsp3) is 0.304. The average molecular weight is 517 g/mol. The van der Waals surface area contributed by atoms with Gasteiger partial charge in [-0.3, -0.25) is 19.2 Å². The van der Waals surface area contributed by atoms with Gasteiger partial charge in [-0.15, -0.1) is 0 Å². The summed E-state index contributed by atoms with van der Waals surface area (Å²) in [5.74, 6) is -0.626. The molecule has 0 radical (unpaired) electrons. The number of hydrogen-bond acceptors (Lipinski definition) is 7. The molecule has 35 heavy (non-hydrogen) atoms. The van der Waals surface area contributed by atoms with Crippen molar-refractivity contribution in [1.82, 2.24) is 24.8 Å². The summed E-state index contributed by atoms with van der Waals surface area (Å²) in [6, 6.07) is 10.0. The Bertz CT molecular complexity index is 1350. The summed E-state index contributed by atoms with van der Waals surface area (Å²) >= 11 is 6.40. The van der Waals surface area contributed by atoms with Crippen molar-refractivity contribution in [3.63, 3.8) is 0 Å². The number of piperidine rings is 1. The van der Waals surface area contributed by atoms with Gasteiger partial charge < -0.3 is 5.32 Å². The van der Waals surface area contributed by atoms with Gasteiger partial charge in [0.1, 0.15) is 5.69 Å². The molecule has 2 amide bonds. The molecule has 2 aromatic heterocycles. The Balaban J connectivity index is 1.66. The van der Waals surface area contributed by atoms with Crippen LogP contribution < -0.4 is 14.9 Å². The average Bonchev–Trinajstić information content (AvgIpc) is 3.21. The molecule has 1 saturated heterocycles. The van der Waals surface area contributed by atoms with Crippen LogP contribution in [-0.2, 0) is 17.1 Å². The second kappa shape index (κ2) is 10.1. The SMILES string of the molecule is Cn1ncc(-c2ccc(C(=O)N(c3ncccc3Cl)[C@@H]3CCCNC3)cc2)c1C(=O)NS(C)(=O)=O. The van der Waals surface area contributed by atoms with Crippen molar-refractivity contribution in [2.45, 2.75) is 18.9 Å². The minimum atomic E-state index is -3.75. The predicted octanol–water partition coefficient (Wildman–Crippen LogP) is 2.22. The van der Waals surface area contributed by atoms with E-state index in [4.69, 9.17) is 11.6 Å². The van der Waals surface area contributed by atoms with Crippen LogP contribution in [0.2, 0.25) is 5.02 Å². The van der Waals surface area contributed by atoms with E-state index in [0.717, 1.165) is 25.6 Å². The van der Waals surface area contributed by atoms with E-state index < -0.39 is 15.9 Å². The van der Waals surface area contributed by atoms with Gasteiger partial charge in [0, 0.05) is 30.9 Å². The lowest BCUT2D eigenvalue weighted by Crippen LogP contribution is -2.49. The van der Waals surface area contributed by atoms with E-state index >= 15 is 0 Å². The van der Waals surface area contributed by atoms with Crippen molar-refractivity contribution in [2.24, 2.45) is 7.05 Å². The normalized spacial score (nSPS) is 16.0. The Kier molecular flexibility index (Phi) is 7.20. The maximum atomic E-state index is 13.6. The Hall–Kier alpha value is -3.28. The minimum Gasteiger partial charge on any atom is -0.315 e. The zero-order valence-corrected chi connectivity index (χ0v) is 20.8. The molecule has 1 fully saturated rings. The van der Waals surface area contributed by atoms with E-state index in [1.165, 1.54) is 10.9 Å². The van der Waals surface area contributed by atoms with Crippen LogP contribution in [-0.4, -0.2) is 60.4 Å². The minimum absolute atomic E-state index is 0.0877. The number of carbonyl (C=O) groups excluding carboxylic acids is 2. The number of aryl methyl sites for hydroxylation is 1. The number of anilines is 1. The Morgan fingerprint density at radius 3 is 2.60 bits per heavy atom. The first-order valence-corrected chi connectivity index (χ1v) is 13.2. The number of benzene rings is 1. The third kappa shape index (κ3) is 5.53. The Morgan fingerprint density at radius 1 is 1.23 bits per heavy atom. The first-order valence-electron chi connectivity index (χ1n) is 10.9. The van der Waals surface area contributed by atoms with Crippen LogP contribution in [0.5, 0.6) is 0 Å². The Labute approximate surface area is 208 Å². The lowest BCUT2D eigenvalue weighted by atomic mass is 10.0. The molecule has 3 aromatic rings. The van der Waals surface area contributed by atoms with Gasteiger partial charge in [0.2, 0.25) is 10.0 Å². The molecule has 12 heteroatoms. The second-order valence-corrected chi connectivity index (χ2v) is 10.5. The third-order valence-electron chi connectivity index (χ3n) is 5.70. The number of sulfonamides is 1. The summed E-state index contributed by atoms with van der Waals surface area (Å²) in [5, 5.41) is 7.81. The number of hydrogen-bond donors (Lipinski definition) is 2. The third-order valence-corrected chi connectivity index (χ3v) is 6.55. The molecule has 1 atom stereocenters. The fourth-order valence-corrected chi connectivity index (χ4v) is 4.76. The molecule has 184 valence electrons. The highest BCUT2D eigenvalue weighted by Gasteiger charge is 2.30.